The van der Waals surface area contributed by atoms with Crippen LogP contribution in [0.3, 0.4) is 0 Å². The minimum absolute atomic E-state index is 0.144. The second kappa shape index (κ2) is 8.13. The number of hydrogen-bond donors (Lipinski definition) is 1. The molecule has 1 atom stereocenters. The van der Waals surface area contributed by atoms with Gasteiger partial charge in [0.2, 0.25) is 0 Å². The third-order valence-corrected chi connectivity index (χ3v) is 5.92. The Morgan fingerprint density at radius 3 is 2.55 bits per heavy atom. The van der Waals surface area contributed by atoms with E-state index in [1.807, 2.05) is 0 Å². The molecule has 1 N–H and O–H groups in total. The minimum atomic E-state index is -1.01. The van der Waals surface area contributed by atoms with E-state index in [9.17, 15) is 14.7 Å². The van der Waals surface area contributed by atoms with Gasteiger partial charge in [-0.3, -0.25) is 14.5 Å². The van der Waals surface area contributed by atoms with Gasteiger partial charge in [-0.05, 0) is 55.0 Å². The van der Waals surface area contributed by atoms with E-state index >= 15 is 0 Å². The number of ketones is 1. The van der Waals surface area contributed by atoms with Crippen LogP contribution < -0.4 is 9.64 Å². The Bertz CT molecular complexity index is 1220. The van der Waals surface area contributed by atoms with Crippen molar-refractivity contribution in [2.24, 2.45) is 0 Å². The van der Waals surface area contributed by atoms with Crippen LogP contribution in [-0.2, 0) is 9.59 Å². The van der Waals surface area contributed by atoms with Gasteiger partial charge >= 0.3 is 0 Å². The average molecular weight is 458 g/mol. The summed E-state index contributed by atoms with van der Waals surface area (Å²) in [6.07, 6.45) is 1.43. The Hall–Kier alpha value is -3.22. The zero-order chi connectivity index (χ0) is 22.3. The van der Waals surface area contributed by atoms with Crippen LogP contribution >= 0.6 is 23.2 Å². The van der Waals surface area contributed by atoms with E-state index in [1.54, 1.807) is 43.3 Å². The van der Waals surface area contributed by atoms with Gasteiger partial charge < -0.3 is 14.3 Å². The molecule has 2 aromatic carbocycles. The van der Waals surface area contributed by atoms with Crippen molar-refractivity contribution in [2.75, 3.05) is 12.0 Å². The first-order valence-corrected chi connectivity index (χ1v) is 10.0. The molecule has 1 aliphatic rings. The van der Waals surface area contributed by atoms with Crippen LogP contribution in [0.5, 0.6) is 5.75 Å². The highest BCUT2D eigenvalue weighted by atomic mass is 35.5. The Kier molecular flexibility index (Phi) is 5.52. The summed E-state index contributed by atoms with van der Waals surface area (Å²) < 4.78 is 10.7. The number of ether oxygens (including phenoxy) is 1. The van der Waals surface area contributed by atoms with Crippen molar-refractivity contribution in [3.05, 3.63) is 87.3 Å². The summed E-state index contributed by atoms with van der Waals surface area (Å²) in [6, 6.07) is 12.0. The molecule has 0 aliphatic carbocycles. The molecule has 0 radical (unpaired) electrons. The molecule has 1 fully saturated rings. The van der Waals surface area contributed by atoms with Crippen molar-refractivity contribution < 1.29 is 23.8 Å². The lowest BCUT2D eigenvalue weighted by Gasteiger charge is -2.25. The number of furan rings is 1. The minimum Gasteiger partial charge on any atom is -0.507 e. The van der Waals surface area contributed by atoms with Crippen LogP contribution in [0.4, 0.5) is 5.69 Å². The van der Waals surface area contributed by atoms with Crippen LogP contribution in [0, 0.1) is 6.92 Å². The molecule has 1 aliphatic heterocycles. The zero-order valence-corrected chi connectivity index (χ0v) is 18.1. The van der Waals surface area contributed by atoms with Gasteiger partial charge in [0.05, 0.1) is 24.0 Å². The molecule has 0 bridgehead atoms. The summed E-state index contributed by atoms with van der Waals surface area (Å²) >= 11 is 12.5. The van der Waals surface area contributed by atoms with Gasteiger partial charge in [0, 0.05) is 16.3 Å². The lowest BCUT2D eigenvalue weighted by Crippen LogP contribution is -2.30. The number of benzene rings is 2. The van der Waals surface area contributed by atoms with Gasteiger partial charge in [-0.2, -0.15) is 0 Å². The SMILES string of the molecule is COc1ccc(Cl)c(/C(O)=C2/C(=O)C(=O)N(c3cccc(Cl)c3C)C2c2ccco2)c1. The fourth-order valence-corrected chi connectivity index (χ4v) is 3.99. The second-order valence-corrected chi connectivity index (χ2v) is 7.73. The molecule has 8 heteroatoms. The molecular formula is C23H17Cl2NO5. The predicted octanol–water partition coefficient (Wildman–Crippen LogP) is 5.53. The molecule has 31 heavy (non-hydrogen) atoms. The maximum Gasteiger partial charge on any atom is 0.300 e. The van der Waals surface area contributed by atoms with Gasteiger partial charge in [0.15, 0.2) is 0 Å². The van der Waals surface area contributed by atoms with Gasteiger partial charge in [0.1, 0.15) is 23.3 Å². The fourth-order valence-electron chi connectivity index (χ4n) is 3.61. The van der Waals surface area contributed by atoms with E-state index in [0.717, 1.165) is 0 Å². The molecular weight excluding hydrogens is 441 g/mol. The maximum atomic E-state index is 13.1. The van der Waals surface area contributed by atoms with Crippen LogP contribution in [0.25, 0.3) is 5.76 Å². The summed E-state index contributed by atoms with van der Waals surface area (Å²) in [5, 5.41) is 11.8. The van der Waals surface area contributed by atoms with Gasteiger partial charge in [-0.25, -0.2) is 0 Å². The zero-order valence-electron chi connectivity index (χ0n) is 16.6. The number of anilines is 1. The van der Waals surface area contributed by atoms with E-state index < -0.39 is 23.5 Å². The largest absolute Gasteiger partial charge is 0.507 e. The number of amides is 1. The summed E-state index contributed by atoms with van der Waals surface area (Å²) in [7, 11) is 1.47. The highest BCUT2D eigenvalue weighted by Crippen LogP contribution is 2.44. The number of nitrogens with zero attached hydrogens (tertiary/aromatic N) is 1. The van der Waals surface area contributed by atoms with E-state index in [0.29, 0.717) is 27.8 Å². The molecule has 1 aromatic heterocycles. The van der Waals surface area contributed by atoms with Gasteiger partial charge in [-0.1, -0.05) is 29.3 Å². The first kappa shape index (κ1) is 21.0. The number of carbonyl (C=O) groups is 2. The van der Waals surface area contributed by atoms with E-state index in [4.69, 9.17) is 32.4 Å². The summed E-state index contributed by atoms with van der Waals surface area (Å²) in [4.78, 5) is 27.5. The first-order valence-electron chi connectivity index (χ1n) is 9.28. The van der Waals surface area contributed by atoms with E-state index in [-0.39, 0.29) is 16.2 Å². The molecule has 3 aromatic rings. The highest BCUT2D eigenvalue weighted by Gasteiger charge is 2.49. The molecule has 0 saturated carbocycles. The lowest BCUT2D eigenvalue weighted by molar-refractivity contribution is -0.132. The highest BCUT2D eigenvalue weighted by molar-refractivity contribution is 6.52. The Morgan fingerprint density at radius 2 is 1.87 bits per heavy atom. The Morgan fingerprint density at radius 1 is 1.10 bits per heavy atom. The third kappa shape index (κ3) is 3.48. The Labute approximate surface area is 188 Å². The van der Waals surface area contributed by atoms with Crippen molar-refractivity contribution in [1.82, 2.24) is 0 Å². The lowest BCUT2D eigenvalue weighted by atomic mass is 9.98. The van der Waals surface area contributed by atoms with Crippen molar-refractivity contribution in [1.29, 1.82) is 0 Å². The molecule has 4 rings (SSSR count). The summed E-state index contributed by atoms with van der Waals surface area (Å²) in [6.45, 7) is 1.75. The van der Waals surface area contributed by atoms with E-state index in [1.165, 1.54) is 30.4 Å². The number of aliphatic hydroxyl groups is 1. The summed E-state index contributed by atoms with van der Waals surface area (Å²) in [5.74, 6) is -1.37. The van der Waals surface area contributed by atoms with Crippen LogP contribution in [-0.4, -0.2) is 23.9 Å². The van der Waals surface area contributed by atoms with Gasteiger partial charge in [0.25, 0.3) is 11.7 Å². The normalized spacial score (nSPS) is 17.9. The van der Waals surface area contributed by atoms with E-state index in [2.05, 4.69) is 0 Å². The molecule has 1 unspecified atom stereocenters. The predicted molar refractivity (Wildman–Crippen MR) is 118 cm³/mol. The van der Waals surface area contributed by atoms with Crippen LogP contribution in [0.2, 0.25) is 10.0 Å². The molecule has 6 nitrogen and oxygen atoms in total. The smallest absolute Gasteiger partial charge is 0.300 e. The van der Waals surface area contributed by atoms with Crippen LogP contribution in [0.1, 0.15) is 22.9 Å². The maximum absolute atomic E-state index is 13.1. The fraction of sp³-hybridized carbons (Fsp3) is 0.130. The standard InChI is InChI=1S/C23H17Cl2NO5/c1-12-15(24)5-3-6-17(12)26-20(18-7-4-10-31-18)19(22(28)23(26)29)21(27)14-11-13(30-2)8-9-16(14)25/h3-11,20,27H,1-2H3/b21-19-. The van der Waals surface area contributed by atoms with Crippen molar-refractivity contribution in [3.8, 4) is 5.75 Å². The molecule has 2 heterocycles. The molecule has 158 valence electrons. The molecule has 0 spiro atoms. The van der Waals surface area contributed by atoms with Crippen LogP contribution in [0.15, 0.2) is 64.8 Å². The molecule has 1 amide bonds. The first-order chi connectivity index (χ1) is 14.8. The van der Waals surface area contributed by atoms with Gasteiger partial charge in [-0.15, -0.1) is 0 Å². The number of Topliss-reactive ketones (excluding diaryl/α,β-unsaturated/α-hetero) is 1. The third-order valence-electron chi connectivity index (χ3n) is 5.18. The second-order valence-electron chi connectivity index (χ2n) is 6.91. The van der Waals surface area contributed by atoms with Crippen molar-refractivity contribution in [3.63, 3.8) is 0 Å². The number of methoxy groups -OCH3 is 1. The topological polar surface area (TPSA) is 80.0 Å². The number of halogens is 2. The van der Waals surface area contributed by atoms with Crippen molar-refractivity contribution >= 4 is 46.3 Å². The molecule has 1 saturated heterocycles. The summed E-state index contributed by atoms with van der Waals surface area (Å²) in [5.41, 5.74) is 1.07. The number of aliphatic hydroxyl groups excluding tert-OH is 1. The average Bonchev–Trinajstić information content (AvgIpc) is 3.37. The quantitative estimate of drug-likeness (QED) is 0.316. The monoisotopic (exact) mass is 457 g/mol. The number of hydrogen-bond acceptors (Lipinski definition) is 5. The Balaban J connectivity index is 1.98. The number of rotatable bonds is 4. The van der Waals surface area contributed by atoms with Crippen molar-refractivity contribution in [2.45, 2.75) is 13.0 Å². The number of carbonyl (C=O) groups excluding carboxylic acids is 2.